The van der Waals surface area contributed by atoms with E-state index in [2.05, 4.69) is 10.8 Å². The maximum atomic E-state index is 13.7. The van der Waals surface area contributed by atoms with Crippen molar-refractivity contribution in [2.24, 2.45) is 5.92 Å². The first-order valence-electron chi connectivity index (χ1n) is 4.14. The second-order valence-corrected chi connectivity index (χ2v) is 3.56. The van der Waals surface area contributed by atoms with Crippen molar-refractivity contribution in [3.05, 3.63) is 0 Å². The smallest absolute Gasteiger partial charge is 0.185 e. The molecule has 0 radical (unpaired) electrons. The van der Waals surface area contributed by atoms with Crippen LogP contribution in [0.4, 0.5) is 4.39 Å². The summed E-state index contributed by atoms with van der Waals surface area (Å²) in [5.41, 5.74) is -1.31. The van der Waals surface area contributed by atoms with Crippen molar-refractivity contribution in [2.45, 2.75) is 18.5 Å². The van der Waals surface area contributed by atoms with Gasteiger partial charge < -0.3 is 0 Å². The van der Waals surface area contributed by atoms with Crippen molar-refractivity contribution in [1.29, 1.82) is 0 Å². The van der Waals surface area contributed by atoms with Crippen LogP contribution in [-0.4, -0.2) is 30.2 Å². The Balaban J connectivity index is 2.21. The van der Waals surface area contributed by atoms with Gasteiger partial charge in [-0.25, -0.2) is 4.39 Å². The zero-order valence-electron chi connectivity index (χ0n) is 6.52. The number of rotatable bonds is 0. The van der Waals surface area contributed by atoms with E-state index in [9.17, 15) is 4.39 Å². The predicted molar refractivity (Wildman–Crippen MR) is 41.8 cm³/mol. The summed E-state index contributed by atoms with van der Waals surface area (Å²) in [6.07, 6.45) is 7.06. The summed E-state index contributed by atoms with van der Waals surface area (Å²) in [4.78, 5) is 2.12. The minimum Gasteiger partial charge on any atom is -0.299 e. The predicted octanol–water partition coefficient (Wildman–Crippen LogP) is 1.05. The molecule has 3 fully saturated rings. The van der Waals surface area contributed by atoms with E-state index < -0.39 is 5.67 Å². The lowest BCUT2D eigenvalue weighted by atomic mass is 9.77. The van der Waals surface area contributed by atoms with E-state index in [4.69, 9.17) is 6.42 Å². The largest absolute Gasteiger partial charge is 0.299 e. The van der Waals surface area contributed by atoms with Crippen LogP contribution in [0.3, 0.4) is 0 Å². The van der Waals surface area contributed by atoms with Crippen LogP contribution in [0.5, 0.6) is 0 Å². The maximum Gasteiger partial charge on any atom is 0.185 e. The normalized spacial score (nSPS) is 48.7. The molecule has 3 heterocycles. The van der Waals surface area contributed by atoms with Gasteiger partial charge in [-0.1, -0.05) is 5.92 Å². The van der Waals surface area contributed by atoms with Gasteiger partial charge in [0.05, 0.1) is 0 Å². The van der Waals surface area contributed by atoms with Crippen molar-refractivity contribution in [1.82, 2.24) is 4.90 Å². The summed E-state index contributed by atoms with van der Waals surface area (Å²) >= 11 is 0. The SMILES string of the molecule is C#CC1(F)CN2CCC1CC2. The molecular formula is C9H12FN. The van der Waals surface area contributed by atoms with Crippen LogP contribution in [0.25, 0.3) is 0 Å². The molecule has 1 atom stereocenters. The number of alkyl halides is 1. The molecule has 0 saturated carbocycles. The summed E-state index contributed by atoms with van der Waals surface area (Å²) in [5.74, 6) is 2.44. The van der Waals surface area contributed by atoms with Crippen molar-refractivity contribution in [3.63, 3.8) is 0 Å². The van der Waals surface area contributed by atoms with Crippen molar-refractivity contribution in [2.75, 3.05) is 19.6 Å². The average molecular weight is 153 g/mol. The molecule has 0 aromatic rings. The Labute approximate surface area is 66.6 Å². The monoisotopic (exact) mass is 153 g/mol. The quantitative estimate of drug-likeness (QED) is 0.470. The molecule has 3 aliphatic heterocycles. The Morgan fingerprint density at radius 1 is 1.45 bits per heavy atom. The number of fused-ring (bicyclic) bond motifs is 3. The Hall–Kier alpha value is -0.550. The molecule has 0 N–H and O–H groups in total. The molecule has 0 spiro atoms. The Morgan fingerprint density at radius 2 is 2.09 bits per heavy atom. The average Bonchev–Trinajstić information content (AvgIpc) is 2.06. The van der Waals surface area contributed by atoms with E-state index in [-0.39, 0.29) is 5.92 Å². The van der Waals surface area contributed by atoms with Crippen LogP contribution >= 0.6 is 0 Å². The van der Waals surface area contributed by atoms with Gasteiger partial charge >= 0.3 is 0 Å². The number of terminal acetylenes is 1. The van der Waals surface area contributed by atoms with Gasteiger partial charge in [0.2, 0.25) is 0 Å². The third-order valence-corrected chi connectivity index (χ3v) is 2.93. The first-order valence-corrected chi connectivity index (χ1v) is 4.14. The molecule has 60 valence electrons. The molecule has 1 unspecified atom stereocenters. The molecule has 0 aromatic heterocycles. The second kappa shape index (κ2) is 2.22. The van der Waals surface area contributed by atoms with Gasteiger partial charge in [0.1, 0.15) is 0 Å². The van der Waals surface area contributed by atoms with Crippen molar-refractivity contribution in [3.8, 4) is 12.3 Å². The van der Waals surface area contributed by atoms with Gasteiger partial charge in [0.25, 0.3) is 0 Å². The number of halogens is 1. The molecule has 3 rings (SSSR count). The minimum atomic E-state index is -1.31. The number of nitrogens with zero attached hydrogens (tertiary/aromatic N) is 1. The number of hydrogen-bond donors (Lipinski definition) is 0. The molecule has 11 heavy (non-hydrogen) atoms. The van der Waals surface area contributed by atoms with Gasteiger partial charge in [0, 0.05) is 12.5 Å². The third-order valence-electron chi connectivity index (χ3n) is 2.93. The zero-order chi connectivity index (χ0) is 7.90. The fourth-order valence-corrected chi connectivity index (χ4v) is 2.17. The van der Waals surface area contributed by atoms with Gasteiger partial charge in [-0.15, -0.1) is 6.42 Å². The molecule has 1 nitrogen and oxygen atoms in total. The highest BCUT2D eigenvalue weighted by molar-refractivity contribution is 5.16. The fourth-order valence-electron chi connectivity index (χ4n) is 2.17. The van der Waals surface area contributed by atoms with Crippen LogP contribution in [0, 0.1) is 18.3 Å². The van der Waals surface area contributed by atoms with Crippen LogP contribution in [0.1, 0.15) is 12.8 Å². The van der Waals surface area contributed by atoms with Gasteiger partial charge in [0.15, 0.2) is 5.67 Å². The molecule has 0 aromatic carbocycles. The van der Waals surface area contributed by atoms with E-state index in [0.717, 1.165) is 25.9 Å². The molecule has 3 aliphatic rings. The van der Waals surface area contributed by atoms with Gasteiger partial charge in [-0.3, -0.25) is 4.90 Å². The maximum absolute atomic E-state index is 13.7. The van der Waals surface area contributed by atoms with Crippen molar-refractivity contribution >= 4 is 0 Å². The molecule has 3 saturated heterocycles. The lowest BCUT2D eigenvalue weighted by molar-refractivity contribution is -0.0160. The van der Waals surface area contributed by atoms with E-state index in [0.29, 0.717) is 6.54 Å². The summed E-state index contributed by atoms with van der Waals surface area (Å²) < 4.78 is 13.7. The standard InChI is InChI=1S/C9H12FN/c1-2-9(10)7-11-5-3-8(9)4-6-11/h1,8H,3-7H2. The summed E-state index contributed by atoms with van der Waals surface area (Å²) in [7, 11) is 0. The van der Waals surface area contributed by atoms with Crippen molar-refractivity contribution < 1.29 is 4.39 Å². The highest BCUT2D eigenvalue weighted by atomic mass is 19.1. The molecular weight excluding hydrogens is 141 g/mol. The second-order valence-electron chi connectivity index (χ2n) is 3.56. The molecule has 2 heteroatoms. The number of piperidine rings is 3. The Kier molecular flexibility index (Phi) is 1.43. The Bertz CT molecular complexity index is 200. The van der Waals surface area contributed by atoms with E-state index in [1.807, 2.05) is 0 Å². The lowest BCUT2D eigenvalue weighted by Gasteiger charge is -2.46. The van der Waals surface area contributed by atoms with E-state index in [1.54, 1.807) is 0 Å². The minimum absolute atomic E-state index is 0.137. The summed E-state index contributed by atoms with van der Waals surface area (Å²) in [6, 6.07) is 0. The van der Waals surface area contributed by atoms with Crippen LogP contribution in [0.15, 0.2) is 0 Å². The first-order chi connectivity index (χ1) is 5.24. The van der Waals surface area contributed by atoms with Crippen LogP contribution < -0.4 is 0 Å². The topological polar surface area (TPSA) is 3.24 Å². The molecule has 2 bridgehead atoms. The van der Waals surface area contributed by atoms with Crippen LogP contribution in [0.2, 0.25) is 0 Å². The van der Waals surface area contributed by atoms with Crippen LogP contribution in [-0.2, 0) is 0 Å². The highest BCUT2D eigenvalue weighted by Crippen LogP contribution is 2.37. The van der Waals surface area contributed by atoms with Gasteiger partial charge in [-0.2, -0.15) is 0 Å². The van der Waals surface area contributed by atoms with E-state index >= 15 is 0 Å². The zero-order valence-corrected chi connectivity index (χ0v) is 6.52. The molecule has 0 aliphatic carbocycles. The molecule has 0 amide bonds. The number of hydrogen-bond acceptors (Lipinski definition) is 1. The van der Waals surface area contributed by atoms with E-state index in [1.165, 1.54) is 0 Å². The first kappa shape index (κ1) is 7.12. The third kappa shape index (κ3) is 0.954. The summed E-state index contributed by atoms with van der Waals surface area (Å²) in [5, 5.41) is 0. The lowest BCUT2D eigenvalue weighted by Crippen LogP contribution is -2.55. The highest BCUT2D eigenvalue weighted by Gasteiger charge is 2.45. The summed E-state index contributed by atoms with van der Waals surface area (Å²) in [6.45, 7) is 2.55. The fraction of sp³-hybridized carbons (Fsp3) is 0.778. The van der Waals surface area contributed by atoms with Gasteiger partial charge in [-0.05, 0) is 25.9 Å². The Morgan fingerprint density at radius 3 is 2.36 bits per heavy atom.